The van der Waals surface area contributed by atoms with E-state index in [1.54, 1.807) is 12.4 Å². The summed E-state index contributed by atoms with van der Waals surface area (Å²) in [5, 5.41) is 1.07. The minimum absolute atomic E-state index is 0.910. The fourth-order valence-corrected chi connectivity index (χ4v) is 1.02. The van der Waals surface area contributed by atoms with Crippen LogP contribution in [0.3, 0.4) is 0 Å². The van der Waals surface area contributed by atoms with Crippen LogP contribution in [0.15, 0.2) is 28.9 Å². The lowest BCUT2D eigenvalue weighted by molar-refractivity contribution is 0.578. The third kappa shape index (κ3) is 2.58. The van der Waals surface area contributed by atoms with Gasteiger partial charge < -0.3 is 4.42 Å². The Morgan fingerprint density at radius 2 is 2.08 bits per heavy atom. The van der Waals surface area contributed by atoms with Crippen molar-refractivity contribution in [1.29, 1.82) is 0 Å². The maximum Gasteiger partial charge on any atom is 0.137 e. The predicted molar refractivity (Wildman–Crippen MR) is 54.7 cm³/mol. The van der Waals surface area contributed by atoms with Gasteiger partial charge in [-0.2, -0.15) is 0 Å². The van der Waals surface area contributed by atoms with Gasteiger partial charge in [0.15, 0.2) is 0 Å². The lowest BCUT2D eigenvalue weighted by Crippen LogP contribution is -1.65. The molecular formula is C11H15NO. The number of aryl methyl sites for hydroxylation is 1. The zero-order chi connectivity index (χ0) is 9.68. The smallest absolute Gasteiger partial charge is 0.137 e. The van der Waals surface area contributed by atoms with Crippen LogP contribution in [-0.4, -0.2) is 4.98 Å². The fraction of sp³-hybridized carbons (Fsp3) is 0.364. The summed E-state index contributed by atoms with van der Waals surface area (Å²) in [6.45, 7) is 6.18. The van der Waals surface area contributed by atoms with Gasteiger partial charge in [0.05, 0.1) is 0 Å². The molecule has 2 aromatic heterocycles. The van der Waals surface area contributed by atoms with Crippen molar-refractivity contribution in [3.05, 3.63) is 30.3 Å². The van der Waals surface area contributed by atoms with Gasteiger partial charge in [-0.25, -0.2) is 0 Å². The van der Waals surface area contributed by atoms with Crippen molar-refractivity contribution in [1.82, 2.24) is 4.98 Å². The number of hydrogen-bond acceptors (Lipinski definition) is 2. The number of nitrogens with zero attached hydrogens (tertiary/aromatic N) is 1. The highest BCUT2D eigenvalue weighted by molar-refractivity contribution is 5.76. The first kappa shape index (κ1) is 9.78. The van der Waals surface area contributed by atoms with E-state index in [-0.39, 0.29) is 0 Å². The Bertz CT molecular complexity index is 332. The van der Waals surface area contributed by atoms with Gasteiger partial charge in [-0.15, -0.1) is 0 Å². The Morgan fingerprint density at radius 3 is 2.69 bits per heavy atom. The summed E-state index contributed by atoms with van der Waals surface area (Å²) in [6.07, 6.45) is 4.77. The highest BCUT2D eigenvalue weighted by Gasteiger charge is 1.96. The predicted octanol–water partition coefficient (Wildman–Crippen LogP) is 3.55. The molecule has 2 nitrogen and oxygen atoms in total. The SMILES string of the molecule is CCC.Cc1cc2cnccc2o1. The molecule has 0 radical (unpaired) electrons. The van der Waals surface area contributed by atoms with Crippen LogP contribution in [-0.2, 0) is 0 Å². The molecule has 2 heterocycles. The maximum atomic E-state index is 5.33. The molecule has 0 amide bonds. The molecule has 13 heavy (non-hydrogen) atoms. The molecular weight excluding hydrogens is 162 g/mol. The van der Waals surface area contributed by atoms with Crippen molar-refractivity contribution in [3.63, 3.8) is 0 Å². The average Bonchev–Trinajstić information content (AvgIpc) is 2.45. The zero-order valence-corrected chi connectivity index (χ0v) is 8.37. The van der Waals surface area contributed by atoms with E-state index in [0.29, 0.717) is 0 Å². The highest BCUT2D eigenvalue weighted by atomic mass is 16.3. The van der Waals surface area contributed by atoms with E-state index in [1.165, 1.54) is 6.42 Å². The third-order valence-corrected chi connectivity index (χ3v) is 1.44. The number of fused-ring (bicyclic) bond motifs is 1. The summed E-state index contributed by atoms with van der Waals surface area (Å²) < 4.78 is 5.33. The zero-order valence-electron chi connectivity index (χ0n) is 8.37. The first-order valence-electron chi connectivity index (χ1n) is 4.58. The maximum absolute atomic E-state index is 5.33. The first-order valence-corrected chi connectivity index (χ1v) is 4.58. The lowest BCUT2D eigenvalue weighted by Gasteiger charge is -1.81. The quantitative estimate of drug-likeness (QED) is 0.615. The Kier molecular flexibility index (Phi) is 3.50. The van der Waals surface area contributed by atoms with E-state index in [4.69, 9.17) is 4.42 Å². The Balaban J connectivity index is 0.000000251. The fourth-order valence-electron chi connectivity index (χ4n) is 1.02. The molecule has 0 N–H and O–H groups in total. The van der Waals surface area contributed by atoms with Crippen molar-refractivity contribution < 1.29 is 4.42 Å². The summed E-state index contributed by atoms with van der Waals surface area (Å²) in [5.41, 5.74) is 0.910. The van der Waals surface area contributed by atoms with Crippen LogP contribution in [0, 0.1) is 6.92 Å². The molecule has 0 unspecified atom stereocenters. The van der Waals surface area contributed by atoms with Gasteiger partial charge in [-0.1, -0.05) is 20.3 Å². The van der Waals surface area contributed by atoms with E-state index < -0.39 is 0 Å². The molecule has 2 aromatic rings. The van der Waals surface area contributed by atoms with Gasteiger partial charge in [-0.05, 0) is 19.1 Å². The molecule has 0 spiro atoms. The largest absolute Gasteiger partial charge is 0.461 e. The first-order chi connectivity index (χ1) is 6.27. The topological polar surface area (TPSA) is 26.0 Å². The number of aromatic nitrogens is 1. The van der Waals surface area contributed by atoms with Crippen LogP contribution in [0.1, 0.15) is 26.0 Å². The molecule has 0 aliphatic heterocycles. The molecule has 2 heteroatoms. The monoisotopic (exact) mass is 177 g/mol. The van der Waals surface area contributed by atoms with Crippen molar-refractivity contribution in [2.45, 2.75) is 27.2 Å². The van der Waals surface area contributed by atoms with Crippen molar-refractivity contribution in [2.75, 3.05) is 0 Å². The van der Waals surface area contributed by atoms with Gasteiger partial charge in [-0.3, -0.25) is 4.98 Å². The van der Waals surface area contributed by atoms with Crippen LogP contribution < -0.4 is 0 Å². The molecule has 2 rings (SSSR count). The molecule has 0 atom stereocenters. The van der Waals surface area contributed by atoms with E-state index in [2.05, 4.69) is 18.8 Å². The molecule has 0 bridgehead atoms. The van der Waals surface area contributed by atoms with Crippen LogP contribution in [0.5, 0.6) is 0 Å². The molecule has 0 saturated heterocycles. The molecule has 0 fully saturated rings. The van der Waals surface area contributed by atoms with Crippen molar-refractivity contribution in [2.24, 2.45) is 0 Å². The Labute approximate surface area is 78.6 Å². The molecule has 0 aliphatic carbocycles. The molecule has 0 saturated carbocycles. The van der Waals surface area contributed by atoms with Gasteiger partial charge in [0.1, 0.15) is 11.3 Å². The number of hydrogen-bond donors (Lipinski definition) is 0. The van der Waals surface area contributed by atoms with Crippen LogP contribution in [0.25, 0.3) is 11.0 Å². The summed E-state index contributed by atoms with van der Waals surface area (Å²) in [4.78, 5) is 3.97. The number of furan rings is 1. The van der Waals surface area contributed by atoms with Crippen molar-refractivity contribution >= 4 is 11.0 Å². The Morgan fingerprint density at radius 1 is 1.38 bits per heavy atom. The van der Waals surface area contributed by atoms with E-state index >= 15 is 0 Å². The second-order valence-electron chi connectivity index (χ2n) is 2.98. The average molecular weight is 177 g/mol. The minimum atomic E-state index is 0.910. The number of rotatable bonds is 0. The second-order valence-corrected chi connectivity index (χ2v) is 2.98. The summed E-state index contributed by atoms with van der Waals surface area (Å²) in [6, 6.07) is 3.84. The van der Waals surface area contributed by atoms with Gasteiger partial charge in [0.2, 0.25) is 0 Å². The summed E-state index contributed by atoms with van der Waals surface area (Å²) in [5.74, 6) is 0.933. The van der Waals surface area contributed by atoms with E-state index in [0.717, 1.165) is 16.7 Å². The molecule has 0 aromatic carbocycles. The normalized spacial score (nSPS) is 9.46. The van der Waals surface area contributed by atoms with Crippen molar-refractivity contribution in [3.8, 4) is 0 Å². The van der Waals surface area contributed by atoms with Gasteiger partial charge in [0, 0.05) is 17.8 Å². The standard InChI is InChI=1S/C8H7NO.C3H8/c1-6-4-7-5-9-3-2-8(7)10-6;1-3-2/h2-5H,1H3;3H2,1-2H3. The van der Waals surface area contributed by atoms with Crippen LogP contribution >= 0.6 is 0 Å². The second kappa shape index (κ2) is 4.65. The summed E-state index contributed by atoms with van der Waals surface area (Å²) >= 11 is 0. The Hall–Kier alpha value is -1.31. The van der Waals surface area contributed by atoms with E-state index in [1.807, 2.05) is 19.1 Å². The van der Waals surface area contributed by atoms with E-state index in [9.17, 15) is 0 Å². The minimum Gasteiger partial charge on any atom is -0.461 e. The molecule has 70 valence electrons. The van der Waals surface area contributed by atoms with Gasteiger partial charge in [0.25, 0.3) is 0 Å². The molecule has 0 aliphatic rings. The van der Waals surface area contributed by atoms with Gasteiger partial charge >= 0.3 is 0 Å². The van der Waals surface area contributed by atoms with Crippen LogP contribution in [0.4, 0.5) is 0 Å². The highest BCUT2D eigenvalue weighted by Crippen LogP contribution is 2.15. The third-order valence-electron chi connectivity index (χ3n) is 1.44. The van der Waals surface area contributed by atoms with Crippen LogP contribution in [0.2, 0.25) is 0 Å². The summed E-state index contributed by atoms with van der Waals surface area (Å²) in [7, 11) is 0. The number of pyridine rings is 1. The lowest BCUT2D eigenvalue weighted by atomic mass is 10.3.